The second-order valence-corrected chi connectivity index (χ2v) is 5.79. The minimum atomic E-state index is 0.0615. The summed E-state index contributed by atoms with van der Waals surface area (Å²) >= 11 is 0. The third kappa shape index (κ3) is 4.15. The van der Waals surface area contributed by atoms with Crippen LogP contribution in [0.3, 0.4) is 0 Å². The summed E-state index contributed by atoms with van der Waals surface area (Å²) in [4.78, 5) is 4.74. The van der Waals surface area contributed by atoms with Gasteiger partial charge >= 0.3 is 0 Å². The summed E-state index contributed by atoms with van der Waals surface area (Å²) in [5.74, 6) is 1.47. The van der Waals surface area contributed by atoms with Gasteiger partial charge in [-0.1, -0.05) is 33.1 Å². The van der Waals surface area contributed by atoms with Crippen molar-refractivity contribution in [3.8, 4) is 0 Å². The van der Waals surface area contributed by atoms with Crippen molar-refractivity contribution in [2.45, 2.75) is 78.4 Å². The first kappa shape index (κ1) is 13.5. The molecule has 1 rings (SSSR count). The molecule has 2 heteroatoms. The molecule has 2 nitrogen and oxygen atoms in total. The maximum Gasteiger partial charge on any atom is 0.186 e. The van der Waals surface area contributed by atoms with Gasteiger partial charge in [0.15, 0.2) is 5.90 Å². The van der Waals surface area contributed by atoms with E-state index in [0.717, 1.165) is 12.3 Å². The van der Waals surface area contributed by atoms with Gasteiger partial charge in [0.1, 0.15) is 0 Å². The fraction of sp³-hybridized carbons (Fsp3) is 0.929. The highest BCUT2D eigenvalue weighted by Crippen LogP contribution is 2.27. The van der Waals surface area contributed by atoms with Crippen molar-refractivity contribution in [1.29, 1.82) is 0 Å². The molecular weight excluding hydrogens is 198 g/mol. The quantitative estimate of drug-likeness (QED) is 0.643. The zero-order valence-corrected chi connectivity index (χ0v) is 11.5. The van der Waals surface area contributed by atoms with Crippen LogP contribution in [0.2, 0.25) is 0 Å². The van der Waals surface area contributed by atoms with E-state index < -0.39 is 0 Å². The van der Waals surface area contributed by atoms with Crippen molar-refractivity contribution in [3.05, 3.63) is 0 Å². The van der Waals surface area contributed by atoms with Crippen LogP contribution in [0.1, 0.15) is 66.7 Å². The molecular formula is C14H27NO. The van der Waals surface area contributed by atoms with Gasteiger partial charge in [-0.3, -0.25) is 0 Å². The van der Waals surface area contributed by atoms with Gasteiger partial charge < -0.3 is 4.74 Å². The third-order valence-corrected chi connectivity index (χ3v) is 3.18. The number of unbranched alkanes of at least 4 members (excludes halogenated alkanes) is 2. The second kappa shape index (κ2) is 5.70. The highest BCUT2D eigenvalue weighted by atomic mass is 16.5. The van der Waals surface area contributed by atoms with Gasteiger partial charge in [-0.2, -0.15) is 0 Å². The Morgan fingerprint density at radius 3 is 2.69 bits per heavy atom. The topological polar surface area (TPSA) is 21.6 Å². The number of aliphatic imine (C=N–C) groups is 1. The Balaban J connectivity index is 2.54. The molecule has 0 aliphatic carbocycles. The van der Waals surface area contributed by atoms with Crippen LogP contribution in [0.15, 0.2) is 4.99 Å². The minimum absolute atomic E-state index is 0.0615. The monoisotopic (exact) mass is 225 g/mol. The van der Waals surface area contributed by atoms with Gasteiger partial charge in [-0.25, -0.2) is 4.99 Å². The Morgan fingerprint density at radius 1 is 1.44 bits per heavy atom. The lowest BCUT2D eigenvalue weighted by atomic mass is 9.94. The summed E-state index contributed by atoms with van der Waals surface area (Å²) in [6, 6.07) is 0. The number of hydrogen-bond donors (Lipinski definition) is 0. The van der Waals surface area contributed by atoms with E-state index in [1.165, 1.54) is 25.7 Å². The molecule has 0 bridgehead atoms. The van der Waals surface area contributed by atoms with E-state index in [4.69, 9.17) is 9.73 Å². The molecule has 16 heavy (non-hydrogen) atoms. The number of rotatable bonds is 5. The Kier molecular flexibility index (Phi) is 4.82. The Morgan fingerprint density at radius 2 is 2.12 bits per heavy atom. The Hall–Kier alpha value is -0.530. The maximum absolute atomic E-state index is 5.86. The molecule has 0 N–H and O–H groups in total. The molecule has 0 fully saturated rings. The number of nitrogens with zero attached hydrogens (tertiary/aromatic N) is 1. The third-order valence-electron chi connectivity index (χ3n) is 3.18. The van der Waals surface area contributed by atoms with E-state index in [2.05, 4.69) is 34.6 Å². The van der Waals surface area contributed by atoms with Crippen LogP contribution >= 0.6 is 0 Å². The van der Waals surface area contributed by atoms with Gasteiger partial charge in [-0.05, 0) is 27.2 Å². The van der Waals surface area contributed by atoms with Gasteiger partial charge in [0.05, 0.1) is 11.6 Å². The van der Waals surface area contributed by atoms with Crippen molar-refractivity contribution < 1.29 is 4.74 Å². The minimum Gasteiger partial charge on any atom is -0.478 e. The van der Waals surface area contributed by atoms with Crippen LogP contribution in [0.5, 0.6) is 0 Å². The predicted molar refractivity (Wildman–Crippen MR) is 70.0 cm³/mol. The molecule has 0 saturated carbocycles. The zero-order valence-electron chi connectivity index (χ0n) is 11.5. The first-order valence-corrected chi connectivity index (χ1v) is 6.71. The molecule has 0 spiro atoms. The van der Waals surface area contributed by atoms with Crippen molar-refractivity contribution >= 4 is 5.90 Å². The molecule has 0 aromatic heterocycles. The molecule has 1 aliphatic heterocycles. The van der Waals surface area contributed by atoms with Gasteiger partial charge in [0.25, 0.3) is 0 Å². The van der Waals surface area contributed by atoms with Crippen molar-refractivity contribution in [1.82, 2.24) is 0 Å². The van der Waals surface area contributed by atoms with E-state index in [0.29, 0.717) is 12.0 Å². The molecule has 0 unspecified atom stereocenters. The summed E-state index contributed by atoms with van der Waals surface area (Å²) in [7, 11) is 0. The molecule has 2 atom stereocenters. The number of hydrogen-bond acceptors (Lipinski definition) is 2. The van der Waals surface area contributed by atoms with Crippen molar-refractivity contribution in [2.75, 3.05) is 0 Å². The fourth-order valence-electron chi connectivity index (χ4n) is 2.37. The molecule has 0 aromatic rings. The van der Waals surface area contributed by atoms with E-state index >= 15 is 0 Å². The summed E-state index contributed by atoms with van der Waals surface area (Å²) in [5.41, 5.74) is 0.0615. The van der Waals surface area contributed by atoms with Crippen LogP contribution in [-0.2, 0) is 4.74 Å². The van der Waals surface area contributed by atoms with Crippen molar-refractivity contribution in [3.63, 3.8) is 0 Å². The molecule has 0 radical (unpaired) electrons. The van der Waals surface area contributed by atoms with Crippen LogP contribution in [-0.4, -0.2) is 17.5 Å². The number of ether oxygens (including phenoxy) is 1. The summed E-state index contributed by atoms with van der Waals surface area (Å²) in [5, 5.41) is 0. The summed E-state index contributed by atoms with van der Waals surface area (Å²) in [6.45, 7) is 11.0. The largest absolute Gasteiger partial charge is 0.478 e. The molecule has 0 saturated heterocycles. The average molecular weight is 225 g/mol. The lowest BCUT2D eigenvalue weighted by Crippen LogP contribution is -2.36. The van der Waals surface area contributed by atoms with Gasteiger partial charge in [-0.15, -0.1) is 0 Å². The molecule has 1 heterocycles. The zero-order chi connectivity index (χ0) is 12.2. The highest BCUT2D eigenvalue weighted by molar-refractivity contribution is 5.79. The van der Waals surface area contributed by atoms with E-state index in [9.17, 15) is 0 Å². The lowest BCUT2D eigenvalue weighted by Gasteiger charge is -2.33. The van der Waals surface area contributed by atoms with Crippen LogP contribution < -0.4 is 0 Å². The Labute approximate surface area is 100 Å². The fourth-order valence-corrected chi connectivity index (χ4v) is 2.37. The molecule has 1 aliphatic rings. The average Bonchev–Trinajstić information content (AvgIpc) is 2.14. The predicted octanol–water partition coefficient (Wildman–Crippen LogP) is 4.19. The molecule has 94 valence electrons. The lowest BCUT2D eigenvalue weighted by molar-refractivity contribution is 0.131. The van der Waals surface area contributed by atoms with Crippen molar-refractivity contribution in [2.24, 2.45) is 10.9 Å². The van der Waals surface area contributed by atoms with E-state index in [1.54, 1.807) is 0 Å². The summed E-state index contributed by atoms with van der Waals surface area (Å²) in [6.07, 6.45) is 6.43. The Bertz CT molecular complexity index is 245. The summed E-state index contributed by atoms with van der Waals surface area (Å²) < 4.78 is 5.86. The second-order valence-electron chi connectivity index (χ2n) is 5.79. The smallest absolute Gasteiger partial charge is 0.186 e. The molecule has 0 aromatic carbocycles. The first-order chi connectivity index (χ1) is 7.44. The van der Waals surface area contributed by atoms with E-state index in [1.807, 2.05) is 0 Å². The first-order valence-electron chi connectivity index (χ1n) is 6.71. The standard InChI is InChI=1S/C14H27NO/c1-6-7-8-9-11(2)13-15-14(4,5)10-12(3)16-13/h11-12H,6-10H2,1-5H3/t11-,12+/m0/s1. The SMILES string of the molecule is CCCCC[C@H](C)C1=NC(C)(C)C[C@@H](C)O1. The van der Waals surface area contributed by atoms with Gasteiger partial charge in [0.2, 0.25) is 0 Å². The van der Waals surface area contributed by atoms with E-state index in [-0.39, 0.29) is 5.54 Å². The van der Waals surface area contributed by atoms with Crippen LogP contribution in [0, 0.1) is 5.92 Å². The normalized spacial score (nSPS) is 25.8. The van der Waals surface area contributed by atoms with Crippen LogP contribution in [0.4, 0.5) is 0 Å². The van der Waals surface area contributed by atoms with Crippen LogP contribution in [0.25, 0.3) is 0 Å². The maximum atomic E-state index is 5.86. The molecule has 0 amide bonds. The highest BCUT2D eigenvalue weighted by Gasteiger charge is 2.29. The van der Waals surface area contributed by atoms with Gasteiger partial charge in [0, 0.05) is 12.3 Å².